The van der Waals surface area contributed by atoms with E-state index in [1.807, 2.05) is 36.1 Å². The maximum Gasteiger partial charge on any atom is 0.305 e. The highest BCUT2D eigenvalue weighted by atomic mass is 19.1. The number of carboxylic acids is 1. The monoisotopic (exact) mass is 559 g/mol. The molecule has 0 aromatic heterocycles. The van der Waals surface area contributed by atoms with Gasteiger partial charge in [0.25, 0.3) is 0 Å². The zero-order chi connectivity index (χ0) is 28.8. The number of hydrogen-bond acceptors (Lipinski definition) is 7. The van der Waals surface area contributed by atoms with Gasteiger partial charge in [-0.2, -0.15) is 5.26 Å². The molecule has 214 valence electrons. The summed E-state index contributed by atoms with van der Waals surface area (Å²) < 4.78 is 32.4. The molecule has 41 heavy (non-hydrogen) atoms. The van der Waals surface area contributed by atoms with E-state index in [0.717, 1.165) is 24.3 Å². The van der Waals surface area contributed by atoms with Crippen molar-refractivity contribution in [1.29, 1.82) is 5.26 Å². The average molecular weight is 560 g/mol. The van der Waals surface area contributed by atoms with Crippen LogP contribution in [0.1, 0.15) is 38.2 Å². The number of halogens is 1. The minimum Gasteiger partial charge on any atom is -0.494 e. The van der Waals surface area contributed by atoms with Crippen LogP contribution in [0.15, 0.2) is 66.7 Å². The second kappa shape index (κ2) is 12.8. The number of hydrogen-bond donors (Lipinski definition) is 1. The van der Waals surface area contributed by atoms with E-state index in [9.17, 15) is 14.3 Å². The number of carboxylic acid groups (broad SMARTS) is 1. The summed E-state index contributed by atoms with van der Waals surface area (Å²) in [6.07, 6.45) is 1.97. The Hall–Kier alpha value is -4.45. The van der Waals surface area contributed by atoms with Crippen LogP contribution < -0.4 is 24.0 Å². The smallest absolute Gasteiger partial charge is 0.305 e. The molecule has 0 bridgehead atoms. The van der Waals surface area contributed by atoms with Gasteiger partial charge < -0.3 is 29.1 Å². The van der Waals surface area contributed by atoms with Gasteiger partial charge in [0.05, 0.1) is 36.9 Å². The van der Waals surface area contributed by atoms with Crippen LogP contribution >= 0.6 is 0 Å². The molecule has 3 aromatic rings. The third-order valence-electron chi connectivity index (χ3n) is 7.55. The number of anilines is 2. The SMILES string of the molecule is CCOc1ccc(F)c(N2CCC(Oc3ccc(N4C[C@H](Oc5ccc(C#N)cc5)C[C@@H]4CC(=O)O)cc3)CC2)c1. The zero-order valence-corrected chi connectivity index (χ0v) is 23.0. The maximum absolute atomic E-state index is 14.5. The molecule has 8 nitrogen and oxygen atoms in total. The second-order valence-electron chi connectivity index (χ2n) is 10.4. The summed E-state index contributed by atoms with van der Waals surface area (Å²) in [6.45, 7) is 4.35. The Kier molecular flexibility index (Phi) is 8.78. The van der Waals surface area contributed by atoms with Crippen molar-refractivity contribution in [3.8, 4) is 23.3 Å². The molecule has 0 spiro atoms. The van der Waals surface area contributed by atoms with Crippen molar-refractivity contribution in [3.05, 3.63) is 78.1 Å². The number of ether oxygens (including phenoxy) is 3. The van der Waals surface area contributed by atoms with Gasteiger partial charge in [-0.15, -0.1) is 0 Å². The molecule has 2 saturated heterocycles. The van der Waals surface area contributed by atoms with E-state index < -0.39 is 5.97 Å². The van der Waals surface area contributed by atoms with E-state index in [4.69, 9.17) is 19.5 Å². The normalized spacial score (nSPS) is 19.0. The van der Waals surface area contributed by atoms with Gasteiger partial charge >= 0.3 is 5.97 Å². The molecule has 2 aliphatic rings. The fourth-order valence-corrected chi connectivity index (χ4v) is 5.59. The molecule has 0 radical (unpaired) electrons. The van der Waals surface area contributed by atoms with Crippen molar-refractivity contribution < 1.29 is 28.5 Å². The van der Waals surface area contributed by atoms with E-state index in [0.29, 0.717) is 55.4 Å². The molecule has 0 amide bonds. The van der Waals surface area contributed by atoms with Crippen LogP contribution in [-0.2, 0) is 4.79 Å². The number of nitrogens with zero attached hydrogens (tertiary/aromatic N) is 3. The number of rotatable bonds is 10. The number of carbonyl (C=O) groups is 1. The van der Waals surface area contributed by atoms with E-state index in [1.54, 1.807) is 36.4 Å². The maximum atomic E-state index is 14.5. The Morgan fingerprint density at radius 1 is 0.976 bits per heavy atom. The highest BCUT2D eigenvalue weighted by Gasteiger charge is 2.35. The lowest BCUT2D eigenvalue weighted by atomic mass is 10.1. The van der Waals surface area contributed by atoms with Crippen LogP contribution in [-0.4, -0.2) is 55.6 Å². The first-order valence-corrected chi connectivity index (χ1v) is 14.0. The quantitative estimate of drug-likeness (QED) is 0.341. The minimum atomic E-state index is -0.852. The summed E-state index contributed by atoms with van der Waals surface area (Å²) in [5.74, 6) is 0.963. The van der Waals surface area contributed by atoms with E-state index >= 15 is 0 Å². The molecule has 5 rings (SSSR count). The zero-order valence-electron chi connectivity index (χ0n) is 23.0. The van der Waals surface area contributed by atoms with Gasteiger partial charge in [-0.1, -0.05) is 0 Å². The minimum absolute atomic E-state index is 0.0120. The summed E-state index contributed by atoms with van der Waals surface area (Å²) in [6, 6.07) is 21.4. The predicted molar refractivity (Wildman–Crippen MR) is 153 cm³/mol. The molecule has 2 heterocycles. The topological polar surface area (TPSA) is 95.3 Å². The molecule has 1 N–H and O–H groups in total. The van der Waals surface area contributed by atoms with Crippen LogP contribution in [0, 0.1) is 17.1 Å². The Labute approximate surface area is 239 Å². The molecule has 2 aliphatic heterocycles. The average Bonchev–Trinajstić information content (AvgIpc) is 3.36. The molecular weight excluding hydrogens is 525 g/mol. The third kappa shape index (κ3) is 7.01. The molecule has 0 unspecified atom stereocenters. The molecule has 9 heteroatoms. The number of nitriles is 1. The standard InChI is InChI=1S/C32H34FN3O5/c1-2-39-28-11-12-30(33)31(19-28)35-15-13-27(14-16-35)40-26-9-5-23(6-10-26)36-21-29(17-24(36)18-32(37)38)41-25-7-3-22(20-34)4-8-25/h3-12,19,24,27,29H,2,13-18,21H2,1H3,(H,37,38)/t24-,29-/m1/s1. The largest absolute Gasteiger partial charge is 0.494 e. The Bertz CT molecular complexity index is 1370. The van der Waals surface area contributed by atoms with Crippen molar-refractivity contribution in [1.82, 2.24) is 0 Å². The van der Waals surface area contributed by atoms with Crippen molar-refractivity contribution in [2.75, 3.05) is 36.0 Å². The molecule has 2 fully saturated rings. The summed E-state index contributed by atoms with van der Waals surface area (Å²) in [7, 11) is 0. The van der Waals surface area contributed by atoms with Gasteiger partial charge in [0.15, 0.2) is 0 Å². The Morgan fingerprint density at radius 2 is 1.61 bits per heavy atom. The van der Waals surface area contributed by atoms with E-state index in [-0.39, 0.29) is 30.5 Å². The molecule has 0 aliphatic carbocycles. The van der Waals surface area contributed by atoms with Crippen LogP contribution in [0.2, 0.25) is 0 Å². The second-order valence-corrected chi connectivity index (χ2v) is 10.4. The van der Waals surface area contributed by atoms with Crippen LogP contribution in [0.25, 0.3) is 0 Å². The summed E-state index contributed by atoms with van der Waals surface area (Å²) in [4.78, 5) is 15.7. The lowest BCUT2D eigenvalue weighted by Gasteiger charge is -2.34. The van der Waals surface area contributed by atoms with Crippen LogP contribution in [0.5, 0.6) is 17.2 Å². The van der Waals surface area contributed by atoms with E-state index in [2.05, 4.69) is 11.0 Å². The molecule has 3 aromatic carbocycles. The Morgan fingerprint density at radius 3 is 2.24 bits per heavy atom. The fourth-order valence-electron chi connectivity index (χ4n) is 5.59. The molecule has 0 saturated carbocycles. The van der Waals surface area contributed by atoms with E-state index in [1.165, 1.54) is 6.07 Å². The lowest BCUT2D eigenvalue weighted by molar-refractivity contribution is -0.137. The van der Waals surface area contributed by atoms with Crippen LogP contribution in [0.4, 0.5) is 15.8 Å². The summed E-state index contributed by atoms with van der Waals surface area (Å²) in [5, 5.41) is 18.5. The van der Waals surface area contributed by atoms with Gasteiger partial charge in [-0.05, 0) is 67.6 Å². The summed E-state index contributed by atoms with van der Waals surface area (Å²) in [5.41, 5.74) is 2.03. The van der Waals surface area contributed by atoms with Crippen molar-refractivity contribution in [2.45, 2.75) is 50.9 Å². The van der Waals surface area contributed by atoms with Crippen molar-refractivity contribution in [2.24, 2.45) is 0 Å². The van der Waals surface area contributed by atoms with Gasteiger partial charge in [0.1, 0.15) is 35.3 Å². The van der Waals surface area contributed by atoms with Crippen LogP contribution in [0.3, 0.4) is 0 Å². The first-order chi connectivity index (χ1) is 19.9. The van der Waals surface area contributed by atoms with Gasteiger partial charge in [0, 0.05) is 50.1 Å². The van der Waals surface area contributed by atoms with Gasteiger partial charge in [-0.3, -0.25) is 4.79 Å². The number of benzene rings is 3. The van der Waals surface area contributed by atoms with Crippen molar-refractivity contribution >= 4 is 17.3 Å². The highest BCUT2D eigenvalue weighted by molar-refractivity contribution is 5.69. The lowest BCUT2D eigenvalue weighted by Crippen LogP contribution is -2.38. The third-order valence-corrected chi connectivity index (χ3v) is 7.55. The molecule has 2 atom stereocenters. The first kappa shape index (κ1) is 28.1. The summed E-state index contributed by atoms with van der Waals surface area (Å²) >= 11 is 0. The predicted octanol–water partition coefficient (Wildman–Crippen LogP) is 5.64. The van der Waals surface area contributed by atoms with Crippen molar-refractivity contribution in [3.63, 3.8) is 0 Å². The van der Waals surface area contributed by atoms with Gasteiger partial charge in [0.2, 0.25) is 0 Å². The molecular formula is C32H34FN3O5. The highest BCUT2D eigenvalue weighted by Crippen LogP contribution is 2.33. The number of piperidine rings is 1. The Balaban J connectivity index is 1.18. The fraction of sp³-hybridized carbons (Fsp3) is 0.375. The van der Waals surface area contributed by atoms with Gasteiger partial charge in [-0.25, -0.2) is 4.39 Å². The first-order valence-electron chi connectivity index (χ1n) is 14.0. The number of aliphatic carboxylic acids is 1.